The van der Waals surface area contributed by atoms with Crippen LogP contribution in [0.5, 0.6) is 0 Å². The van der Waals surface area contributed by atoms with Crippen molar-refractivity contribution >= 4 is 29.0 Å². The Bertz CT molecular complexity index is 881. The third kappa shape index (κ3) is 3.39. The summed E-state index contributed by atoms with van der Waals surface area (Å²) in [6, 6.07) is 5.77. The van der Waals surface area contributed by atoms with Gasteiger partial charge in [0.05, 0.1) is 28.0 Å². The van der Waals surface area contributed by atoms with E-state index in [0.29, 0.717) is 27.5 Å². The highest BCUT2D eigenvalue weighted by Crippen LogP contribution is 2.46. The third-order valence-electron chi connectivity index (χ3n) is 6.51. The van der Waals surface area contributed by atoms with Crippen LogP contribution in [0.4, 0.5) is 5.82 Å². The number of anilines is 1. The lowest BCUT2D eigenvalue weighted by Gasteiger charge is -2.42. The quantitative estimate of drug-likeness (QED) is 0.771. The fourth-order valence-electron chi connectivity index (χ4n) is 4.79. The largest absolute Gasteiger partial charge is 0.390 e. The normalized spacial score (nSPS) is 21.5. The van der Waals surface area contributed by atoms with Crippen molar-refractivity contribution in [3.8, 4) is 11.3 Å². The highest BCUT2D eigenvalue weighted by atomic mass is 35.5. The van der Waals surface area contributed by atoms with Crippen molar-refractivity contribution in [3.63, 3.8) is 0 Å². The molecule has 1 atom stereocenters. The first kappa shape index (κ1) is 19.9. The molecule has 2 aromatic rings. The lowest BCUT2D eigenvalue weighted by atomic mass is 9.74. The van der Waals surface area contributed by atoms with E-state index in [1.54, 1.807) is 6.07 Å². The van der Waals surface area contributed by atoms with E-state index in [1.165, 1.54) is 12.8 Å². The Morgan fingerprint density at radius 3 is 2.61 bits per heavy atom. The fraction of sp³-hybridized carbons (Fsp3) is 0.524. The fourth-order valence-corrected chi connectivity index (χ4v) is 5.18. The van der Waals surface area contributed by atoms with Crippen LogP contribution in [-0.2, 0) is 6.61 Å². The number of nitrogens with zero attached hydrogens (tertiary/aromatic N) is 3. The monoisotopic (exact) mass is 420 g/mol. The van der Waals surface area contributed by atoms with E-state index in [1.807, 2.05) is 19.1 Å². The van der Waals surface area contributed by atoms with Gasteiger partial charge in [0.15, 0.2) is 5.82 Å². The van der Waals surface area contributed by atoms with E-state index >= 15 is 0 Å². The van der Waals surface area contributed by atoms with Crippen molar-refractivity contribution in [1.29, 1.82) is 0 Å². The first-order chi connectivity index (χ1) is 13.4. The second-order valence-electron chi connectivity index (χ2n) is 8.04. The van der Waals surface area contributed by atoms with E-state index in [4.69, 9.17) is 38.9 Å². The summed E-state index contributed by atoms with van der Waals surface area (Å²) in [5.41, 5.74) is 9.43. The van der Waals surface area contributed by atoms with Crippen LogP contribution in [0.2, 0.25) is 10.0 Å². The van der Waals surface area contributed by atoms with Crippen molar-refractivity contribution in [1.82, 2.24) is 9.97 Å². The Labute approximate surface area is 175 Å². The van der Waals surface area contributed by atoms with Gasteiger partial charge in [-0.05, 0) is 44.1 Å². The second kappa shape index (κ2) is 7.79. The van der Waals surface area contributed by atoms with Gasteiger partial charge >= 0.3 is 0 Å². The predicted octanol–water partition coefficient (Wildman–Crippen LogP) is 4.35. The molecule has 2 aliphatic rings. The van der Waals surface area contributed by atoms with Crippen molar-refractivity contribution in [3.05, 3.63) is 39.6 Å². The zero-order valence-electron chi connectivity index (χ0n) is 16.1. The Balaban J connectivity index is 1.64. The number of benzene rings is 1. The van der Waals surface area contributed by atoms with Crippen molar-refractivity contribution in [2.24, 2.45) is 11.1 Å². The van der Waals surface area contributed by atoms with Crippen molar-refractivity contribution in [2.45, 2.75) is 51.7 Å². The Hall–Kier alpha value is -1.40. The maximum Gasteiger partial charge on any atom is 0.153 e. The van der Waals surface area contributed by atoms with Gasteiger partial charge in [-0.25, -0.2) is 9.97 Å². The summed E-state index contributed by atoms with van der Waals surface area (Å²) in [4.78, 5) is 11.8. The highest BCUT2D eigenvalue weighted by molar-refractivity contribution is 6.43. The van der Waals surface area contributed by atoms with Crippen LogP contribution in [0.3, 0.4) is 0 Å². The molecule has 1 spiro atoms. The minimum Gasteiger partial charge on any atom is -0.390 e. The molecule has 28 heavy (non-hydrogen) atoms. The number of aromatic nitrogens is 2. The molecule has 1 aliphatic heterocycles. The molecule has 1 aliphatic carbocycles. The molecular weight excluding hydrogens is 395 g/mol. The van der Waals surface area contributed by atoms with E-state index in [-0.39, 0.29) is 12.0 Å². The van der Waals surface area contributed by atoms with Crippen LogP contribution in [0, 0.1) is 12.3 Å². The third-order valence-corrected chi connectivity index (χ3v) is 7.33. The lowest BCUT2D eigenvalue weighted by Crippen LogP contribution is -2.47. The van der Waals surface area contributed by atoms with Crippen LogP contribution in [-0.4, -0.2) is 34.2 Å². The van der Waals surface area contributed by atoms with Crippen LogP contribution in [0.15, 0.2) is 18.2 Å². The minimum absolute atomic E-state index is 0.172. The van der Waals surface area contributed by atoms with E-state index in [9.17, 15) is 5.11 Å². The lowest BCUT2D eigenvalue weighted by molar-refractivity contribution is 0.196. The number of nitrogens with two attached hydrogens (primary N) is 1. The SMILES string of the molecule is Cc1nc(N2CCC3(CCCC3N)CC2)c(CO)nc1-c1cccc(Cl)c1Cl. The molecule has 1 aromatic heterocycles. The summed E-state index contributed by atoms with van der Waals surface area (Å²) in [5, 5.41) is 10.9. The summed E-state index contributed by atoms with van der Waals surface area (Å²) in [6.07, 6.45) is 5.74. The summed E-state index contributed by atoms with van der Waals surface area (Å²) in [5.74, 6) is 0.767. The van der Waals surface area contributed by atoms with Gasteiger partial charge in [0, 0.05) is 24.7 Å². The summed E-state index contributed by atoms with van der Waals surface area (Å²) < 4.78 is 0. The standard InChI is InChI=1S/C21H26Cl2N4O/c1-13-19(14-4-2-5-15(22)18(14)23)26-16(12-28)20(25-13)27-10-8-21(9-11-27)7-3-6-17(21)24/h2,4-5,17,28H,3,6-12,24H2,1H3. The molecule has 1 unspecified atom stereocenters. The van der Waals surface area contributed by atoms with Crippen molar-refractivity contribution in [2.75, 3.05) is 18.0 Å². The van der Waals surface area contributed by atoms with Gasteiger partial charge in [0.25, 0.3) is 0 Å². The average molecular weight is 421 g/mol. The zero-order chi connectivity index (χ0) is 19.9. The van der Waals surface area contributed by atoms with Gasteiger partial charge in [0.2, 0.25) is 0 Å². The Morgan fingerprint density at radius 2 is 1.96 bits per heavy atom. The van der Waals surface area contributed by atoms with Crippen molar-refractivity contribution < 1.29 is 5.11 Å². The van der Waals surface area contributed by atoms with Crippen LogP contribution in [0.1, 0.15) is 43.5 Å². The number of hydrogen-bond donors (Lipinski definition) is 2. The number of rotatable bonds is 3. The maximum absolute atomic E-state index is 9.97. The van der Waals surface area contributed by atoms with E-state index < -0.39 is 0 Å². The number of halogens is 2. The summed E-state index contributed by atoms with van der Waals surface area (Å²) in [7, 11) is 0. The zero-order valence-corrected chi connectivity index (χ0v) is 17.6. The van der Waals surface area contributed by atoms with E-state index in [2.05, 4.69) is 4.90 Å². The molecule has 2 fully saturated rings. The minimum atomic E-state index is -0.172. The number of aliphatic hydroxyl groups is 1. The summed E-state index contributed by atoms with van der Waals surface area (Å²) >= 11 is 12.5. The first-order valence-electron chi connectivity index (χ1n) is 9.88. The van der Waals surface area contributed by atoms with Gasteiger partial charge in [-0.2, -0.15) is 0 Å². The molecule has 1 aromatic carbocycles. The molecule has 0 bridgehead atoms. The van der Waals surface area contributed by atoms with Crippen LogP contribution < -0.4 is 10.6 Å². The van der Waals surface area contributed by atoms with E-state index in [0.717, 1.165) is 49.4 Å². The maximum atomic E-state index is 9.97. The topological polar surface area (TPSA) is 75.3 Å². The predicted molar refractivity (Wildman–Crippen MR) is 114 cm³/mol. The van der Waals surface area contributed by atoms with Gasteiger partial charge in [-0.3, -0.25) is 0 Å². The molecule has 5 nitrogen and oxygen atoms in total. The molecule has 0 radical (unpaired) electrons. The molecule has 2 heterocycles. The smallest absolute Gasteiger partial charge is 0.153 e. The number of piperidine rings is 1. The number of hydrogen-bond acceptors (Lipinski definition) is 5. The Kier molecular flexibility index (Phi) is 5.53. The molecule has 1 saturated carbocycles. The molecule has 7 heteroatoms. The number of aryl methyl sites for hydroxylation is 1. The van der Waals surface area contributed by atoms with Gasteiger partial charge in [-0.1, -0.05) is 41.8 Å². The van der Waals surface area contributed by atoms with Gasteiger partial charge < -0.3 is 15.7 Å². The molecule has 4 rings (SSSR count). The second-order valence-corrected chi connectivity index (χ2v) is 8.82. The molecule has 0 amide bonds. The molecular formula is C21H26Cl2N4O. The van der Waals surface area contributed by atoms with Crippen LogP contribution in [0.25, 0.3) is 11.3 Å². The summed E-state index contributed by atoms with van der Waals surface area (Å²) in [6.45, 7) is 3.54. The molecule has 3 N–H and O–H groups in total. The average Bonchev–Trinajstić information content (AvgIpc) is 3.04. The van der Waals surface area contributed by atoms with Gasteiger partial charge in [0.1, 0.15) is 5.69 Å². The first-order valence-corrected chi connectivity index (χ1v) is 10.6. The Morgan fingerprint density at radius 1 is 1.21 bits per heavy atom. The molecule has 1 saturated heterocycles. The van der Waals surface area contributed by atoms with Crippen LogP contribution >= 0.6 is 23.2 Å². The van der Waals surface area contributed by atoms with Gasteiger partial charge in [-0.15, -0.1) is 0 Å². The number of aliphatic hydroxyl groups excluding tert-OH is 1. The highest BCUT2D eigenvalue weighted by Gasteiger charge is 2.43. The molecule has 150 valence electrons.